The summed E-state index contributed by atoms with van der Waals surface area (Å²) in [4.78, 5) is 28.3. The highest BCUT2D eigenvalue weighted by molar-refractivity contribution is 7.71. The van der Waals surface area contributed by atoms with Gasteiger partial charge in [0.15, 0.2) is 4.77 Å². The van der Waals surface area contributed by atoms with E-state index in [1.54, 1.807) is 18.2 Å². The predicted molar refractivity (Wildman–Crippen MR) is 112 cm³/mol. The number of nitrogens with zero attached hydrogens (tertiary/aromatic N) is 1. The van der Waals surface area contributed by atoms with Crippen molar-refractivity contribution in [1.82, 2.24) is 14.9 Å². The molecule has 1 aromatic heterocycles. The molecule has 5 nitrogen and oxygen atoms in total. The van der Waals surface area contributed by atoms with Crippen LogP contribution in [0.2, 0.25) is 0 Å². The van der Waals surface area contributed by atoms with E-state index < -0.39 is 11.4 Å². The van der Waals surface area contributed by atoms with Gasteiger partial charge in [0.2, 0.25) is 0 Å². The lowest BCUT2D eigenvalue weighted by Gasteiger charge is -2.10. The van der Waals surface area contributed by atoms with Crippen molar-refractivity contribution >= 4 is 29.0 Å². The highest BCUT2D eigenvalue weighted by Crippen LogP contribution is 2.15. The smallest absolute Gasteiger partial charge is 0.266 e. The van der Waals surface area contributed by atoms with Crippen molar-refractivity contribution in [2.24, 2.45) is 0 Å². The van der Waals surface area contributed by atoms with Gasteiger partial charge in [0.25, 0.3) is 11.5 Å². The molecule has 0 spiro atoms. The first-order valence-corrected chi connectivity index (χ1v) is 9.31. The van der Waals surface area contributed by atoms with Gasteiger partial charge in [-0.15, -0.1) is 0 Å². The number of fused-ring (bicyclic) bond motifs is 1. The third-order valence-electron chi connectivity index (χ3n) is 4.55. The molecule has 0 fully saturated rings. The molecule has 0 aliphatic rings. The minimum Gasteiger partial charge on any atom is -0.348 e. The number of carbonyl (C=O) groups excluding carboxylic acids is 1. The number of aromatic amines is 1. The summed E-state index contributed by atoms with van der Waals surface area (Å²) in [6.07, 6.45) is 0. The van der Waals surface area contributed by atoms with Gasteiger partial charge in [0.05, 0.1) is 16.6 Å². The zero-order valence-electron chi connectivity index (χ0n) is 15.2. The fourth-order valence-corrected chi connectivity index (χ4v) is 3.38. The molecule has 0 unspecified atom stereocenters. The molecule has 4 rings (SSSR count). The lowest BCUT2D eigenvalue weighted by atomic mass is 10.1. The maximum Gasteiger partial charge on any atom is 0.266 e. The lowest BCUT2D eigenvalue weighted by molar-refractivity contribution is 0.0951. The maximum atomic E-state index is 14.2. The van der Waals surface area contributed by atoms with Crippen LogP contribution in [0.25, 0.3) is 16.6 Å². The monoisotopic (exact) mass is 405 g/mol. The summed E-state index contributed by atoms with van der Waals surface area (Å²) >= 11 is 5.27. The molecular weight excluding hydrogens is 389 g/mol. The van der Waals surface area contributed by atoms with Crippen LogP contribution in [0.4, 0.5) is 4.39 Å². The van der Waals surface area contributed by atoms with Gasteiger partial charge < -0.3 is 10.3 Å². The number of nitrogens with one attached hydrogen (secondary N) is 2. The van der Waals surface area contributed by atoms with E-state index in [9.17, 15) is 14.0 Å². The largest absolute Gasteiger partial charge is 0.348 e. The molecule has 0 saturated carbocycles. The van der Waals surface area contributed by atoms with E-state index in [0.29, 0.717) is 23.0 Å². The van der Waals surface area contributed by atoms with E-state index in [4.69, 9.17) is 12.2 Å². The third kappa shape index (κ3) is 3.72. The number of halogens is 1. The molecule has 29 heavy (non-hydrogen) atoms. The van der Waals surface area contributed by atoms with Crippen LogP contribution in [0, 0.1) is 10.6 Å². The summed E-state index contributed by atoms with van der Waals surface area (Å²) in [5, 5.41) is 3.15. The van der Waals surface area contributed by atoms with E-state index in [2.05, 4.69) is 10.3 Å². The SMILES string of the molecule is O=C(NCc1ccccc1)c1ccc2c(=O)n(-c3ccccc3F)c(=S)[nH]c2c1. The summed E-state index contributed by atoms with van der Waals surface area (Å²) in [6.45, 7) is 0.391. The Hall–Kier alpha value is -3.58. The van der Waals surface area contributed by atoms with Gasteiger partial charge >= 0.3 is 0 Å². The van der Waals surface area contributed by atoms with E-state index in [-0.39, 0.29) is 16.4 Å². The van der Waals surface area contributed by atoms with Crippen LogP contribution in [0.3, 0.4) is 0 Å². The second-order valence-corrected chi connectivity index (χ2v) is 6.84. The summed E-state index contributed by atoms with van der Waals surface area (Å²) < 4.78 is 15.3. The van der Waals surface area contributed by atoms with Crippen molar-refractivity contribution in [2.45, 2.75) is 6.54 Å². The first-order chi connectivity index (χ1) is 14.0. The van der Waals surface area contributed by atoms with Crippen LogP contribution in [-0.4, -0.2) is 15.5 Å². The minimum atomic E-state index is -0.551. The summed E-state index contributed by atoms with van der Waals surface area (Å²) in [7, 11) is 0. The van der Waals surface area contributed by atoms with Gasteiger partial charge in [-0.2, -0.15) is 0 Å². The van der Waals surface area contributed by atoms with E-state index in [1.807, 2.05) is 30.3 Å². The van der Waals surface area contributed by atoms with Crippen molar-refractivity contribution < 1.29 is 9.18 Å². The Kier molecular flexibility index (Phi) is 5.05. The summed E-state index contributed by atoms with van der Waals surface area (Å²) in [5.74, 6) is -0.821. The molecule has 0 saturated heterocycles. The van der Waals surface area contributed by atoms with E-state index >= 15 is 0 Å². The molecule has 1 heterocycles. The van der Waals surface area contributed by atoms with Crippen LogP contribution in [0.1, 0.15) is 15.9 Å². The number of carbonyl (C=O) groups is 1. The van der Waals surface area contributed by atoms with Crippen molar-refractivity contribution in [1.29, 1.82) is 0 Å². The predicted octanol–water partition coefficient (Wildman–Crippen LogP) is 4.12. The molecule has 0 bridgehead atoms. The summed E-state index contributed by atoms with van der Waals surface area (Å²) in [6, 6.07) is 20.1. The van der Waals surface area contributed by atoms with Gasteiger partial charge in [0.1, 0.15) is 5.82 Å². The molecular formula is C22H16FN3O2S. The first kappa shape index (κ1) is 18.8. The van der Waals surface area contributed by atoms with Crippen molar-refractivity contribution in [2.75, 3.05) is 0 Å². The molecule has 0 atom stereocenters. The Labute approximate surface area is 170 Å². The highest BCUT2D eigenvalue weighted by Gasteiger charge is 2.13. The van der Waals surface area contributed by atoms with Crippen LogP contribution >= 0.6 is 12.2 Å². The number of H-pyrrole nitrogens is 1. The second kappa shape index (κ2) is 7.81. The number of hydrogen-bond acceptors (Lipinski definition) is 3. The van der Waals surface area contributed by atoms with Gasteiger partial charge in [-0.05, 0) is 48.1 Å². The Morgan fingerprint density at radius 3 is 2.52 bits per heavy atom. The third-order valence-corrected chi connectivity index (χ3v) is 4.83. The van der Waals surface area contributed by atoms with Crippen LogP contribution in [0.5, 0.6) is 0 Å². The zero-order valence-corrected chi connectivity index (χ0v) is 16.0. The zero-order chi connectivity index (χ0) is 20.4. The molecule has 7 heteroatoms. The Morgan fingerprint density at radius 1 is 1.03 bits per heavy atom. The van der Waals surface area contributed by atoms with Gasteiger partial charge in [-0.3, -0.25) is 9.59 Å². The standard InChI is InChI=1S/C22H16FN3O2S/c23-17-8-4-5-9-19(17)26-21(28)16-11-10-15(12-18(16)25-22(26)29)20(27)24-13-14-6-2-1-3-7-14/h1-12H,13H2,(H,24,27)(H,25,29). The van der Waals surface area contributed by atoms with Crippen molar-refractivity contribution in [3.8, 4) is 5.69 Å². The molecule has 0 aliphatic heterocycles. The fraction of sp³-hybridized carbons (Fsp3) is 0.0455. The lowest BCUT2D eigenvalue weighted by Crippen LogP contribution is -2.24. The Morgan fingerprint density at radius 2 is 1.76 bits per heavy atom. The second-order valence-electron chi connectivity index (χ2n) is 6.45. The molecule has 0 aliphatic carbocycles. The van der Waals surface area contributed by atoms with Gasteiger partial charge in [0, 0.05) is 12.1 Å². The normalized spacial score (nSPS) is 10.8. The number of hydrogen-bond donors (Lipinski definition) is 2. The van der Waals surface area contributed by atoms with Gasteiger partial charge in [-0.25, -0.2) is 8.96 Å². The topological polar surface area (TPSA) is 66.9 Å². The minimum absolute atomic E-state index is 0.0504. The Balaban J connectivity index is 1.70. The first-order valence-electron chi connectivity index (χ1n) is 8.91. The number of para-hydroxylation sites is 1. The molecule has 3 aromatic carbocycles. The fourth-order valence-electron chi connectivity index (χ4n) is 3.09. The number of rotatable bonds is 4. The summed E-state index contributed by atoms with van der Waals surface area (Å²) in [5.41, 5.74) is 1.41. The van der Waals surface area contributed by atoms with Crippen LogP contribution < -0.4 is 10.9 Å². The molecule has 0 radical (unpaired) electrons. The Bertz CT molecular complexity index is 1330. The average Bonchev–Trinajstić information content (AvgIpc) is 2.73. The molecule has 4 aromatic rings. The number of aromatic nitrogens is 2. The molecule has 2 N–H and O–H groups in total. The van der Waals surface area contributed by atoms with E-state index in [1.165, 1.54) is 24.3 Å². The van der Waals surface area contributed by atoms with Crippen LogP contribution in [0.15, 0.2) is 77.6 Å². The molecule has 1 amide bonds. The number of amides is 1. The van der Waals surface area contributed by atoms with E-state index in [0.717, 1.165) is 10.1 Å². The van der Waals surface area contributed by atoms with Crippen LogP contribution in [-0.2, 0) is 6.54 Å². The average molecular weight is 405 g/mol. The quantitative estimate of drug-likeness (QED) is 0.502. The van der Waals surface area contributed by atoms with Crippen molar-refractivity contribution in [3.05, 3.63) is 105 Å². The number of benzene rings is 3. The maximum absolute atomic E-state index is 14.2. The van der Waals surface area contributed by atoms with Crippen molar-refractivity contribution in [3.63, 3.8) is 0 Å². The molecule has 144 valence electrons. The van der Waals surface area contributed by atoms with Gasteiger partial charge in [-0.1, -0.05) is 42.5 Å². The highest BCUT2D eigenvalue weighted by atomic mass is 32.1.